The minimum absolute atomic E-state index is 0.0290. The Morgan fingerprint density at radius 1 is 1.27 bits per heavy atom. The average Bonchev–Trinajstić information content (AvgIpc) is 2.58. The Kier molecular flexibility index (Phi) is 5.82. The Balaban J connectivity index is 2.23. The van der Waals surface area contributed by atoms with Crippen LogP contribution in [0.15, 0.2) is 42.5 Å². The minimum Gasteiger partial charge on any atom is -0.478 e. The molecule has 1 amide bonds. The molecule has 0 spiro atoms. The van der Waals surface area contributed by atoms with E-state index in [1.165, 1.54) is 41.3 Å². The van der Waals surface area contributed by atoms with E-state index >= 15 is 0 Å². The highest BCUT2D eigenvalue weighted by atomic mass is 35.5. The van der Waals surface area contributed by atoms with Crippen LogP contribution in [0.3, 0.4) is 0 Å². The number of carbonyl (C=O) groups is 1. The third-order valence-electron chi connectivity index (χ3n) is 3.71. The first-order valence-corrected chi connectivity index (χ1v) is 8.24. The highest BCUT2D eigenvalue weighted by Gasteiger charge is 2.34. The van der Waals surface area contributed by atoms with Crippen molar-refractivity contribution in [3.05, 3.63) is 63.4 Å². The standard InChI is InChI=1S/C18H18ClFN2O4/c1-4-21(13-7-10-15(19)16(20)11-13)17(23)18(2,3)26-14-8-5-12(6-9-14)22(24)25/h5-11H,4H2,1-3H3. The van der Waals surface area contributed by atoms with Gasteiger partial charge in [-0.25, -0.2) is 4.39 Å². The number of ether oxygens (including phenoxy) is 1. The second kappa shape index (κ2) is 7.70. The number of non-ortho nitro benzene ring substituents is 1. The van der Waals surface area contributed by atoms with Gasteiger partial charge in [-0.2, -0.15) is 0 Å². The zero-order chi connectivity index (χ0) is 19.5. The molecule has 0 radical (unpaired) electrons. The van der Waals surface area contributed by atoms with Crippen molar-refractivity contribution in [2.45, 2.75) is 26.4 Å². The first kappa shape index (κ1) is 19.7. The molecule has 0 aliphatic heterocycles. The quantitative estimate of drug-likeness (QED) is 0.542. The van der Waals surface area contributed by atoms with E-state index in [4.69, 9.17) is 16.3 Å². The van der Waals surface area contributed by atoms with Crippen molar-refractivity contribution in [2.24, 2.45) is 0 Å². The van der Waals surface area contributed by atoms with Crippen molar-refractivity contribution >= 4 is 28.9 Å². The maximum absolute atomic E-state index is 13.7. The zero-order valence-electron chi connectivity index (χ0n) is 14.5. The normalized spacial score (nSPS) is 11.1. The van der Waals surface area contributed by atoms with Gasteiger partial charge in [0.15, 0.2) is 5.60 Å². The van der Waals surface area contributed by atoms with Crippen LogP contribution >= 0.6 is 11.6 Å². The van der Waals surface area contributed by atoms with E-state index in [0.717, 1.165) is 0 Å². The highest BCUT2D eigenvalue weighted by molar-refractivity contribution is 6.30. The number of carbonyl (C=O) groups excluding carboxylic acids is 1. The van der Waals surface area contributed by atoms with Gasteiger partial charge >= 0.3 is 0 Å². The third-order valence-corrected chi connectivity index (χ3v) is 4.02. The van der Waals surface area contributed by atoms with Crippen LogP contribution in [0.1, 0.15) is 20.8 Å². The maximum Gasteiger partial charge on any atom is 0.270 e. The molecule has 0 atom stereocenters. The molecule has 0 heterocycles. The Bertz CT molecular complexity index is 824. The van der Waals surface area contributed by atoms with Gasteiger partial charge in [-0.3, -0.25) is 14.9 Å². The van der Waals surface area contributed by atoms with Crippen molar-refractivity contribution in [1.29, 1.82) is 0 Å². The number of hydrogen-bond donors (Lipinski definition) is 0. The lowest BCUT2D eigenvalue weighted by molar-refractivity contribution is -0.384. The van der Waals surface area contributed by atoms with Crippen molar-refractivity contribution in [3.63, 3.8) is 0 Å². The van der Waals surface area contributed by atoms with E-state index < -0.39 is 16.3 Å². The Morgan fingerprint density at radius 2 is 1.88 bits per heavy atom. The molecule has 2 aromatic rings. The first-order chi connectivity index (χ1) is 12.2. The number of anilines is 1. The van der Waals surface area contributed by atoms with Gasteiger partial charge in [-0.05, 0) is 51.1 Å². The number of nitro benzene ring substituents is 1. The predicted octanol–water partition coefficient (Wildman–Crippen LogP) is 4.60. The summed E-state index contributed by atoms with van der Waals surface area (Å²) in [7, 11) is 0. The molecule has 138 valence electrons. The second-order valence-corrected chi connectivity index (χ2v) is 6.42. The van der Waals surface area contributed by atoms with Gasteiger partial charge in [-0.15, -0.1) is 0 Å². The lowest BCUT2D eigenvalue weighted by Crippen LogP contribution is -2.49. The number of nitro groups is 1. The van der Waals surface area contributed by atoms with Gasteiger partial charge in [0, 0.05) is 24.4 Å². The summed E-state index contributed by atoms with van der Waals surface area (Å²) in [6.07, 6.45) is 0. The Morgan fingerprint density at radius 3 is 2.38 bits per heavy atom. The topological polar surface area (TPSA) is 72.7 Å². The number of halogens is 2. The van der Waals surface area contributed by atoms with Crippen LogP contribution in [0.25, 0.3) is 0 Å². The zero-order valence-corrected chi connectivity index (χ0v) is 15.3. The molecular formula is C18H18ClFN2O4. The van der Waals surface area contributed by atoms with Gasteiger partial charge < -0.3 is 9.64 Å². The second-order valence-electron chi connectivity index (χ2n) is 6.01. The molecule has 6 nitrogen and oxygen atoms in total. The predicted molar refractivity (Wildman–Crippen MR) is 97.2 cm³/mol. The third kappa shape index (κ3) is 4.29. The van der Waals surface area contributed by atoms with E-state index in [1.807, 2.05) is 0 Å². The summed E-state index contributed by atoms with van der Waals surface area (Å²) < 4.78 is 19.5. The molecule has 0 aliphatic carbocycles. The molecule has 2 aromatic carbocycles. The maximum atomic E-state index is 13.7. The summed E-state index contributed by atoms with van der Waals surface area (Å²) in [6, 6.07) is 9.55. The molecule has 0 unspecified atom stereocenters. The van der Waals surface area contributed by atoms with Crippen LogP contribution in [-0.2, 0) is 4.79 Å². The van der Waals surface area contributed by atoms with Crippen LogP contribution in [0, 0.1) is 15.9 Å². The van der Waals surface area contributed by atoms with E-state index in [1.54, 1.807) is 26.8 Å². The number of nitrogens with zero attached hydrogens (tertiary/aromatic N) is 2. The van der Waals surface area contributed by atoms with Crippen molar-refractivity contribution in [2.75, 3.05) is 11.4 Å². The fraction of sp³-hybridized carbons (Fsp3) is 0.278. The van der Waals surface area contributed by atoms with Crippen molar-refractivity contribution in [3.8, 4) is 5.75 Å². The summed E-state index contributed by atoms with van der Waals surface area (Å²) in [5, 5.41) is 10.7. The van der Waals surface area contributed by atoms with E-state index in [-0.39, 0.29) is 16.6 Å². The molecule has 26 heavy (non-hydrogen) atoms. The number of benzene rings is 2. The minimum atomic E-state index is -1.28. The Hall–Kier alpha value is -2.67. The van der Waals surface area contributed by atoms with Crippen LogP contribution in [0.4, 0.5) is 15.8 Å². The molecule has 8 heteroatoms. The number of hydrogen-bond acceptors (Lipinski definition) is 4. The SMILES string of the molecule is CCN(C(=O)C(C)(C)Oc1ccc([N+](=O)[O-])cc1)c1ccc(Cl)c(F)c1. The fourth-order valence-corrected chi connectivity index (χ4v) is 2.51. The summed E-state index contributed by atoms with van der Waals surface area (Å²) in [6.45, 7) is 5.21. The van der Waals surface area contributed by atoms with Crippen LogP contribution in [0.2, 0.25) is 5.02 Å². The fourth-order valence-electron chi connectivity index (χ4n) is 2.40. The lowest BCUT2D eigenvalue weighted by atomic mass is 10.1. The van der Waals surface area contributed by atoms with E-state index in [2.05, 4.69) is 0 Å². The van der Waals surface area contributed by atoms with Crippen LogP contribution in [0.5, 0.6) is 5.75 Å². The summed E-state index contributed by atoms with van der Waals surface area (Å²) in [5.41, 5.74) is -0.990. The van der Waals surface area contributed by atoms with Crippen molar-refractivity contribution in [1.82, 2.24) is 0 Å². The molecule has 0 N–H and O–H groups in total. The number of rotatable bonds is 6. The molecule has 0 bridgehead atoms. The molecule has 0 aliphatic rings. The lowest BCUT2D eigenvalue weighted by Gasteiger charge is -2.32. The summed E-state index contributed by atoms with van der Waals surface area (Å²) in [4.78, 5) is 24.5. The van der Waals surface area contributed by atoms with E-state index in [0.29, 0.717) is 18.0 Å². The average molecular weight is 381 g/mol. The smallest absolute Gasteiger partial charge is 0.270 e. The molecule has 0 fully saturated rings. The highest BCUT2D eigenvalue weighted by Crippen LogP contribution is 2.27. The van der Waals surface area contributed by atoms with Crippen LogP contribution < -0.4 is 9.64 Å². The number of amides is 1. The largest absolute Gasteiger partial charge is 0.478 e. The van der Waals surface area contributed by atoms with Crippen molar-refractivity contribution < 1.29 is 18.8 Å². The summed E-state index contributed by atoms with van der Waals surface area (Å²) in [5.74, 6) is -0.697. The molecule has 0 saturated heterocycles. The monoisotopic (exact) mass is 380 g/mol. The van der Waals surface area contributed by atoms with Gasteiger partial charge in [0.25, 0.3) is 11.6 Å². The van der Waals surface area contributed by atoms with Gasteiger partial charge in [0.05, 0.1) is 9.95 Å². The Labute approximate surface area is 155 Å². The molecule has 0 aromatic heterocycles. The first-order valence-electron chi connectivity index (χ1n) is 7.86. The molecule has 0 saturated carbocycles. The summed E-state index contributed by atoms with van der Waals surface area (Å²) >= 11 is 5.69. The van der Waals surface area contributed by atoms with Crippen LogP contribution in [-0.4, -0.2) is 23.0 Å². The van der Waals surface area contributed by atoms with Gasteiger partial charge in [0.1, 0.15) is 11.6 Å². The van der Waals surface area contributed by atoms with Gasteiger partial charge in [0.2, 0.25) is 0 Å². The molecule has 2 rings (SSSR count). The molecular weight excluding hydrogens is 363 g/mol. The number of likely N-dealkylation sites (N-methyl/N-ethyl adjacent to an activating group) is 1. The van der Waals surface area contributed by atoms with E-state index in [9.17, 15) is 19.3 Å². The van der Waals surface area contributed by atoms with Gasteiger partial charge in [-0.1, -0.05) is 11.6 Å².